The fraction of sp³-hybridized carbons (Fsp3) is 0.611. The third kappa shape index (κ3) is 3.43. The normalized spacial score (nSPS) is 24.7. The molecule has 0 aliphatic carbocycles. The third-order valence-corrected chi connectivity index (χ3v) is 5.01. The quantitative estimate of drug-likeness (QED) is 0.928. The number of rotatable bonds is 4. The summed E-state index contributed by atoms with van der Waals surface area (Å²) in [7, 11) is 0. The van der Waals surface area contributed by atoms with Crippen molar-refractivity contribution in [2.75, 3.05) is 32.8 Å². The van der Waals surface area contributed by atoms with E-state index in [2.05, 4.69) is 10.2 Å². The SMILES string of the molecule is Cc1ccccc1OCCC(=O)N1CCC[C@]2(CCNC2)C1. The number of nitrogens with zero attached hydrogens (tertiary/aromatic N) is 1. The van der Waals surface area contributed by atoms with Crippen LogP contribution in [0, 0.1) is 12.3 Å². The molecule has 1 aromatic rings. The number of ether oxygens (including phenoxy) is 1. The lowest BCUT2D eigenvalue weighted by Gasteiger charge is -2.40. The maximum atomic E-state index is 12.4. The number of nitrogens with one attached hydrogen (secondary N) is 1. The van der Waals surface area contributed by atoms with Crippen molar-refractivity contribution in [3.8, 4) is 5.75 Å². The number of para-hydroxylation sites is 1. The van der Waals surface area contributed by atoms with E-state index in [1.54, 1.807) is 0 Å². The molecule has 2 saturated heterocycles. The van der Waals surface area contributed by atoms with Crippen molar-refractivity contribution in [1.82, 2.24) is 10.2 Å². The Bertz CT molecular complexity index is 524. The summed E-state index contributed by atoms with van der Waals surface area (Å²) in [6.07, 6.45) is 4.06. The number of hydrogen-bond donors (Lipinski definition) is 1. The van der Waals surface area contributed by atoms with Crippen molar-refractivity contribution in [3.63, 3.8) is 0 Å². The van der Waals surface area contributed by atoms with Crippen LogP contribution in [-0.2, 0) is 4.79 Å². The number of carbonyl (C=O) groups is 1. The highest BCUT2D eigenvalue weighted by Gasteiger charge is 2.39. The molecular formula is C18H26N2O2. The van der Waals surface area contributed by atoms with Gasteiger partial charge in [0.1, 0.15) is 5.75 Å². The Hall–Kier alpha value is -1.55. The van der Waals surface area contributed by atoms with Crippen LogP contribution in [0.15, 0.2) is 24.3 Å². The molecule has 1 amide bonds. The van der Waals surface area contributed by atoms with Crippen LogP contribution in [-0.4, -0.2) is 43.6 Å². The van der Waals surface area contributed by atoms with E-state index < -0.39 is 0 Å². The molecule has 1 atom stereocenters. The van der Waals surface area contributed by atoms with Gasteiger partial charge in [-0.05, 0) is 44.4 Å². The minimum Gasteiger partial charge on any atom is -0.493 e. The number of hydrogen-bond acceptors (Lipinski definition) is 3. The Labute approximate surface area is 132 Å². The van der Waals surface area contributed by atoms with E-state index in [0.717, 1.165) is 43.9 Å². The Morgan fingerprint density at radius 1 is 1.36 bits per heavy atom. The number of amides is 1. The average molecular weight is 302 g/mol. The van der Waals surface area contributed by atoms with Crippen LogP contribution in [0.4, 0.5) is 0 Å². The maximum Gasteiger partial charge on any atom is 0.226 e. The van der Waals surface area contributed by atoms with Crippen LogP contribution in [0.25, 0.3) is 0 Å². The van der Waals surface area contributed by atoms with Crippen LogP contribution in [0.5, 0.6) is 5.75 Å². The topological polar surface area (TPSA) is 41.6 Å². The number of aryl methyl sites for hydroxylation is 1. The molecule has 0 unspecified atom stereocenters. The molecule has 4 nitrogen and oxygen atoms in total. The molecule has 1 aromatic carbocycles. The Morgan fingerprint density at radius 2 is 2.23 bits per heavy atom. The van der Waals surface area contributed by atoms with Crippen molar-refractivity contribution in [2.24, 2.45) is 5.41 Å². The first-order chi connectivity index (χ1) is 10.7. The first-order valence-corrected chi connectivity index (χ1v) is 8.36. The number of benzene rings is 1. The monoisotopic (exact) mass is 302 g/mol. The highest BCUT2D eigenvalue weighted by molar-refractivity contribution is 5.76. The van der Waals surface area contributed by atoms with E-state index in [1.165, 1.54) is 12.8 Å². The molecule has 0 saturated carbocycles. The molecular weight excluding hydrogens is 276 g/mol. The van der Waals surface area contributed by atoms with Gasteiger partial charge >= 0.3 is 0 Å². The lowest BCUT2D eigenvalue weighted by Crippen LogP contribution is -2.47. The lowest BCUT2D eigenvalue weighted by molar-refractivity contribution is -0.135. The Balaban J connectivity index is 1.48. The van der Waals surface area contributed by atoms with Crippen molar-refractivity contribution in [3.05, 3.63) is 29.8 Å². The van der Waals surface area contributed by atoms with Crippen molar-refractivity contribution < 1.29 is 9.53 Å². The summed E-state index contributed by atoms with van der Waals surface area (Å²) < 4.78 is 5.76. The van der Waals surface area contributed by atoms with Gasteiger partial charge in [-0.1, -0.05) is 18.2 Å². The summed E-state index contributed by atoms with van der Waals surface area (Å²) in [5.74, 6) is 1.12. The molecule has 1 N–H and O–H groups in total. The molecule has 0 bridgehead atoms. The number of likely N-dealkylation sites (tertiary alicyclic amines) is 1. The molecule has 2 heterocycles. The van der Waals surface area contributed by atoms with Crippen LogP contribution >= 0.6 is 0 Å². The molecule has 2 aliphatic rings. The standard InChI is InChI=1S/C18H26N2O2/c1-15-5-2-3-6-16(15)22-12-7-17(21)20-11-4-8-18(14-20)9-10-19-13-18/h2-3,5-6,19H,4,7-14H2,1H3/t18-/m1/s1. The molecule has 0 aromatic heterocycles. The minimum absolute atomic E-state index is 0.236. The fourth-order valence-corrected chi connectivity index (χ4v) is 3.69. The van der Waals surface area contributed by atoms with E-state index in [-0.39, 0.29) is 5.91 Å². The first kappa shape index (κ1) is 15.3. The molecule has 1 spiro atoms. The molecule has 22 heavy (non-hydrogen) atoms. The second kappa shape index (κ2) is 6.69. The fourth-order valence-electron chi connectivity index (χ4n) is 3.69. The summed E-state index contributed by atoms with van der Waals surface area (Å²) in [6.45, 7) is 6.48. The summed E-state index contributed by atoms with van der Waals surface area (Å²) in [4.78, 5) is 14.5. The Morgan fingerprint density at radius 3 is 3.00 bits per heavy atom. The molecule has 2 aliphatic heterocycles. The van der Waals surface area contributed by atoms with Gasteiger partial charge in [-0.25, -0.2) is 0 Å². The molecule has 4 heteroatoms. The van der Waals surface area contributed by atoms with Gasteiger partial charge in [0.15, 0.2) is 0 Å². The summed E-state index contributed by atoms with van der Waals surface area (Å²) in [5, 5.41) is 3.45. The second-order valence-electron chi connectivity index (χ2n) is 6.71. The highest BCUT2D eigenvalue weighted by atomic mass is 16.5. The predicted octanol–water partition coefficient (Wildman–Crippen LogP) is 2.37. The van der Waals surface area contributed by atoms with Crippen LogP contribution in [0.3, 0.4) is 0 Å². The minimum atomic E-state index is 0.236. The van der Waals surface area contributed by atoms with Gasteiger partial charge in [-0.3, -0.25) is 4.79 Å². The van der Waals surface area contributed by atoms with E-state index in [9.17, 15) is 4.79 Å². The number of carbonyl (C=O) groups excluding carboxylic acids is 1. The van der Waals surface area contributed by atoms with Crippen molar-refractivity contribution in [2.45, 2.75) is 32.6 Å². The van der Waals surface area contributed by atoms with Crippen molar-refractivity contribution in [1.29, 1.82) is 0 Å². The smallest absolute Gasteiger partial charge is 0.226 e. The molecule has 0 radical (unpaired) electrons. The predicted molar refractivity (Wildman–Crippen MR) is 87.0 cm³/mol. The maximum absolute atomic E-state index is 12.4. The summed E-state index contributed by atoms with van der Waals surface area (Å²) in [6, 6.07) is 7.94. The molecule has 3 rings (SSSR count). The van der Waals surface area contributed by atoms with Crippen LogP contribution in [0.2, 0.25) is 0 Å². The zero-order valence-electron chi connectivity index (χ0n) is 13.4. The van der Waals surface area contributed by atoms with Crippen LogP contribution < -0.4 is 10.1 Å². The Kier molecular flexibility index (Phi) is 4.67. The van der Waals surface area contributed by atoms with E-state index in [4.69, 9.17) is 4.74 Å². The van der Waals surface area contributed by atoms with Crippen molar-refractivity contribution >= 4 is 5.91 Å². The summed E-state index contributed by atoms with van der Waals surface area (Å²) in [5.41, 5.74) is 1.45. The van der Waals surface area contributed by atoms with E-state index in [0.29, 0.717) is 18.4 Å². The zero-order chi connectivity index (χ0) is 15.4. The molecule has 2 fully saturated rings. The van der Waals surface area contributed by atoms with Gasteiger partial charge in [0.2, 0.25) is 5.91 Å². The highest BCUT2D eigenvalue weighted by Crippen LogP contribution is 2.35. The van der Waals surface area contributed by atoms with Gasteiger partial charge in [0.25, 0.3) is 0 Å². The van der Waals surface area contributed by atoms with Gasteiger partial charge in [-0.2, -0.15) is 0 Å². The van der Waals surface area contributed by atoms with Crippen LogP contribution in [0.1, 0.15) is 31.2 Å². The summed E-state index contributed by atoms with van der Waals surface area (Å²) >= 11 is 0. The van der Waals surface area contributed by atoms with Gasteiger partial charge in [0.05, 0.1) is 13.0 Å². The van der Waals surface area contributed by atoms with Gasteiger partial charge in [0, 0.05) is 25.0 Å². The van der Waals surface area contributed by atoms with Gasteiger partial charge < -0.3 is 15.0 Å². The van der Waals surface area contributed by atoms with E-state index in [1.807, 2.05) is 31.2 Å². The lowest BCUT2D eigenvalue weighted by atomic mass is 9.79. The van der Waals surface area contributed by atoms with Gasteiger partial charge in [-0.15, -0.1) is 0 Å². The largest absolute Gasteiger partial charge is 0.493 e. The second-order valence-corrected chi connectivity index (χ2v) is 6.71. The molecule has 120 valence electrons. The zero-order valence-corrected chi connectivity index (χ0v) is 13.4. The first-order valence-electron chi connectivity index (χ1n) is 8.36. The third-order valence-electron chi connectivity index (χ3n) is 5.01. The average Bonchev–Trinajstić information content (AvgIpc) is 2.97. The number of piperidine rings is 1. The van der Waals surface area contributed by atoms with E-state index >= 15 is 0 Å².